The molecular formula is C23H26FN5O3. The molecule has 3 amide bonds. The quantitative estimate of drug-likeness (QED) is 0.543. The lowest BCUT2D eigenvalue weighted by Gasteiger charge is -2.29. The van der Waals surface area contributed by atoms with Gasteiger partial charge in [0.2, 0.25) is 11.8 Å². The van der Waals surface area contributed by atoms with E-state index in [1.807, 2.05) is 12.1 Å². The first-order chi connectivity index (χ1) is 15.1. The van der Waals surface area contributed by atoms with Crippen molar-refractivity contribution in [2.75, 3.05) is 6.54 Å². The van der Waals surface area contributed by atoms with Crippen LogP contribution < -0.4 is 16.4 Å². The first-order valence-corrected chi connectivity index (χ1v) is 10.1. The summed E-state index contributed by atoms with van der Waals surface area (Å²) in [5.74, 6) is -2.16. The van der Waals surface area contributed by atoms with Gasteiger partial charge in [-0.05, 0) is 29.2 Å². The number of fused-ring (bicyclic) bond motifs is 1. The Kier molecular flexibility index (Phi) is 6.69. The van der Waals surface area contributed by atoms with Crippen LogP contribution in [0.3, 0.4) is 0 Å². The van der Waals surface area contributed by atoms with E-state index in [0.29, 0.717) is 11.9 Å². The normalized spacial score (nSPS) is 12.4. The number of nitrogens with two attached hydrogens (primary N) is 1. The Morgan fingerprint density at radius 2 is 1.75 bits per heavy atom. The predicted molar refractivity (Wildman–Crippen MR) is 118 cm³/mol. The molecule has 4 N–H and O–H groups in total. The highest BCUT2D eigenvalue weighted by Crippen LogP contribution is 2.23. The lowest BCUT2D eigenvalue weighted by atomic mass is 9.86. The minimum absolute atomic E-state index is 0.148. The van der Waals surface area contributed by atoms with Crippen molar-refractivity contribution in [2.24, 2.45) is 11.1 Å². The summed E-state index contributed by atoms with van der Waals surface area (Å²) in [7, 11) is 0. The monoisotopic (exact) mass is 439 g/mol. The van der Waals surface area contributed by atoms with E-state index in [1.54, 1.807) is 49.7 Å². The highest BCUT2D eigenvalue weighted by Gasteiger charge is 2.34. The molecule has 9 heteroatoms. The Bertz CT molecular complexity index is 1150. The van der Waals surface area contributed by atoms with Crippen molar-refractivity contribution in [1.82, 2.24) is 20.4 Å². The minimum atomic E-state index is -0.994. The number of carbonyl (C=O) groups is 3. The van der Waals surface area contributed by atoms with Gasteiger partial charge in [0.15, 0.2) is 5.69 Å². The Morgan fingerprint density at radius 1 is 1.09 bits per heavy atom. The van der Waals surface area contributed by atoms with Crippen molar-refractivity contribution >= 4 is 28.6 Å². The number of para-hydroxylation sites is 1. The zero-order valence-corrected chi connectivity index (χ0v) is 18.2. The summed E-state index contributed by atoms with van der Waals surface area (Å²) < 4.78 is 14.9. The number of carbonyl (C=O) groups excluding carboxylic acids is 3. The van der Waals surface area contributed by atoms with Gasteiger partial charge in [-0.25, -0.2) is 4.39 Å². The number of nitrogens with zero attached hydrogens (tertiary/aromatic N) is 2. The van der Waals surface area contributed by atoms with E-state index in [9.17, 15) is 18.8 Å². The van der Waals surface area contributed by atoms with E-state index in [1.165, 1.54) is 12.1 Å². The van der Waals surface area contributed by atoms with Gasteiger partial charge in [0.1, 0.15) is 11.9 Å². The van der Waals surface area contributed by atoms with Gasteiger partial charge in [-0.2, -0.15) is 5.10 Å². The molecule has 0 saturated heterocycles. The molecule has 2 aromatic carbocycles. The number of hydrogen-bond donors (Lipinski definition) is 3. The molecule has 0 spiro atoms. The van der Waals surface area contributed by atoms with E-state index in [0.717, 1.165) is 11.1 Å². The van der Waals surface area contributed by atoms with Crippen LogP contribution in [0.4, 0.5) is 4.39 Å². The summed E-state index contributed by atoms with van der Waals surface area (Å²) in [4.78, 5) is 37.3. The van der Waals surface area contributed by atoms with Crippen LogP contribution in [0.5, 0.6) is 0 Å². The maximum absolute atomic E-state index is 13.2. The van der Waals surface area contributed by atoms with Gasteiger partial charge in [-0.15, -0.1) is 0 Å². The molecule has 1 atom stereocenters. The fourth-order valence-corrected chi connectivity index (χ4v) is 3.31. The molecule has 0 radical (unpaired) electrons. The molecular weight excluding hydrogens is 413 g/mol. The number of imide groups is 1. The number of nitrogens with one attached hydrogen (secondary N) is 2. The van der Waals surface area contributed by atoms with Crippen molar-refractivity contribution in [3.05, 3.63) is 65.6 Å². The number of hydrogen-bond acceptors (Lipinski definition) is 5. The molecule has 0 fully saturated rings. The molecule has 32 heavy (non-hydrogen) atoms. The highest BCUT2D eigenvalue weighted by molar-refractivity contribution is 6.07. The Hall–Kier alpha value is -3.59. The number of benzene rings is 2. The summed E-state index contributed by atoms with van der Waals surface area (Å²) in [5, 5.41) is 9.99. The van der Waals surface area contributed by atoms with Crippen molar-refractivity contribution < 1.29 is 18.8 Å². The molecule has 168 valence electrons. The van der Waals surface area contributed by atoms with Crippen molar-refractivity contribution in [1.29, 1.82) is 0 Å². The number of rotatable bonds is 6. The average molecular weight is 439 g/mol. The van der Waals surface area contributed by atoms with Crippen LogP contribution >= 0.6 is 0 Å². The van der Waals surface area contributed by atoms with Crippen LogP contribution in [0.25, 0.3) is 10.9 Å². The average Bonchev–Trinajstić information content (AvgIpc) is 3.11. The van der Waals surface area contributed by atoms with E-state index in [2.05, 4.69) is 15.7 Å². The third-order valence-electron chi connectivity index (χ3n) is 4.97. The number of halogens is 1. The molecule has 0 aliphatic heterocycles. The van der Waals surface area contributed by atoms with Gasteiger partial charge in [-0.3, -0.25) is 24.4 Å². The Labute approximate surface area is 185 Å². The Balaban J connectivity index is 1.92. The van der Waals surface area contributed by atoms with Crippen LogP contribution in [0.1, 0.15) is 36.8 Å². The van der Waals surface area contributed by atoms with E-state index in [4.69, 9.17) is 5.73 Å². The molecule has 8 nitrogen and oxygen atoms in total. The lowest BCUT2D eigenvalue weighted by Crippen LogP contribution is -2.55. The minimum Gasteiger partial charge on any atom is -0.338 e. The molecule has 3 rings (SSSR count). The molecule has 0 aliphatic carbocycles. The van der Waals surface area contributed by atoms with Gasteiger partial charge in [0.25, 0.3) is 5.91 Å². The molecule has 1 aromatic heterocycles. The molecule has 0 saturated carbocycles. The van der Waals surface area contributed by atoms with Gasteiger partial charge >= 0.3 is 0 Å². The second-order valence-electron chi connectivity index (χ2n) is 8.54. The lowest BCUT2D eigenvalue weighted by molar-refractivity contribution is -0.132. The van der Waals surface area contributed by atoms with Crippen molar-refractivity contribution in [2.45, 2.75) is 33.4 Å². The fraction of sp³-hybridized carbons (Fsp3) is 0.304. The van der Waals surface area contributed by atoms with Crippen LogP contribution in [-0.2, 0) is 16.1 Å². The van der Waals surface area contributed by atoms with Crippen LogP contribution in [0, 0.1) is 11.2 Å². The Morgan fingerprint density at radius 3 is 2.38 bits per heavy atom. The van der Waals surface area contributed by atoms with Crippen LogP contribution in [0.2, 0.25) is 0 Å². The van der Waals surface area contributed by atoms with Gasteiger partial charge < -0.3 is 11.1 Å². The molecule has 1 heterocycles. The molecule has 0 bridgehead atoms. The molecule has 1 unspecified atom stereocenters. The van der Waals surface area contributed by atoms with Gasteiger partial charge in [-0.1, -0.05) is 51.1 Å². The van der Waals surface area contributed by atoms with E-state index < -0.39 is 29.2 Å². The smallest absolute Gasteiger partial charge is 0.273 e. The third-order valence-corrected chi connectivity index (χ3v) is 4.97. The standard InChI is InChI=1S/C23H26FN5O3/c1-23(2,3)20(22(32)26-18(30)12-25)27-21(31)19-16-6-4-5-7-17(16)29(28-19)13-14-8-10-15(24)11-9-14/h4-11,20H,12-13,25H2,1-3H3,(H,27,31)(H,26,30,32). The summed E-state index contributed by atoms with van der Waals surface area (Å²) >= 11 is 0. The molecule has 3 aromatic rings. The molecule has 0 aliphatic rings. The first kappa shape index (κ1) is 23.1. The maximum atomic E-state index is 13.2. The second-order valence-corrected chi connectivity index (χ2v) is 8.54. The van der Waals surface area contributed by atoms with E-state index >= 15 is 0 Å². The van der Waals surface area contributed by atoms with Crippen molar-refractivity contribution in [3.63, 3.8) is 0 Å². The van der Waals surface area contributed by atoms with Crippen molar-refractivity contribution in [3.8, 4) is 0 Å². The summed E-state index contributed by atoms with van der Waals surface area (Å²) in [6, 6.07) is 12.3. The predicted octanol–water partition coefficient (Wildman–Crippen LogP) is 1.97. The summed E-state index contributed by atoms with van der Waals surface area (Å²) in [6.07, 6.45) is 0. The SMILES string of the molecule is CC(C)(C)C(NC(=O)c1nn(Cc2ccc(F)cc2)c2ccccc12)C(=O)NC(=O)CN. The van der Waals surface area contributed by atoms with Gasteiger partial charge in [0, 0.05) is 5.39 Å². The van der Waals surface area contributed by atoms with Crippen LogP contribution in [-0.4, -0.2) is 40.1 Å². The number of amides is 3. The summed E-state index contributed by atoms with van der Waals surface area (Å²) in [6.45, 7) is 5.32. The number of aromatic nitrogens is 2. The fourth-order valence-electron chi connectivity index (χ4n) is 3.31. The van der Waals surface area contributed by atoms with Crippen LogP contribution in [0.15, 0.2) is 48.5 Å². The first-order valence-electron chi connectivity index (χ1n) is 10.1. The topological polar surface area (TPSA) is 119 Å². The summed E-state index contributed by atoms with van der Waals surface area (Å²) in [5.41, 5.74) is 6.28. The third kappa shape index (κ3) is 5.17. The second kappa shape index (κ2) is 9.27. The zero-order chi connectivity index (χ0) is 23.5. The maximum Gasteiger partial charge on any atom is 0.273 e. The zero-order valence-electron chi connectivity index (χ0n) is 18.2. The van der Waals surface area contributed by atoms with Gasteiger partial charge in [0.05, 0.1) is 18.6 Å². The van der Waals surface area contributed by atoms with E-state index in [-0.39, 0.29) is 18.1 Å². The highest BCUT2D eigenvalue weighted by atomic mass is 19.1. The largest absolute Gasteiger partial charge is 0.338 e.